The Balaban J connectivity index is 1.67. The van der Waals surface area contributed by atoms with E-state index in [1.54, 1.807) is 27.9 Å². The Bertz CT molecular complexity index is 1410. The fraction of sp³-hybridized carbons (Fsp3) is 0.481. The first-order chi connectivity index (χ1) is 18.1. The molecule has 0 aliphatic carbocycles. The van der Waals surface area contributed by atoms with E-state index in [9.17, 15) is 18.0 Å². The number of carbonyl (C=O) groups is 1. The molecule has 1 amide bonds. The number of likely N-dealkylation sites (tertiary alicyclic amines) is 1. The van der Waals surface area contributed by atoms with Crippen LogP contribution in [0.25, 0.3) is 11.4 Å². The van der Waals surface area contributed by atoms with Gasteiger partial charge < -0.3 is 19.5 Å². The molecule has 4 aliphatic heterocycles. The van der Waals surface area contributed by atoms with Crippen molar-refractivity contribution in [2.45, 2.75) is 58.2 Å². The predicted molar refractivity (Wildman–Crippen MR) is 135 cm³/mol. The number of hydrogen-bond acceptors (Lipinski definition) is 6. The van der Waals surface area contributed by atoms with Crippen LogP contribution in [-0.4, -0.2) is 52.1 Å². The molecule has 0 bridgehead atoms. The van der Waals surface area contributed by atoms with Crippen molar-refractivity contribution in [3.8, 4) is 11.4 Å². The van der Waals surface area contributed by atoms with Gasteiger partial charge in [-0.25, -0.2) is 23.1 Å². The van der Waals surface area contributed by atoms with E-state index in [1.165, 1.54) is 12.1 Å². The average molecular weight is 529 g/mol. The molecule has 11 heteroatoms. The van der Waals surface area contributed by atoms with Gasteiger partial charge >= 0.3 is 0 Å². The molecule has 0 radical (unpaired) electrons. The molecule has 1 unspecified atom stereocenters. The summed E-state index contributed by atoms with van der Waals surface area (Å²) < 4.78 is 49.8. The van der Waals surface area contributed by atoms with E-state index >= 15 is 0 Å². The summed E-state index contributed by atoms with van der Waals surface area (Å²) >= 11 is 0. The molecule has 1 saturated heterocycles. The minimum Gasteiger partial charge on any atom is -0.373 e. The van der Waals surface area contributed by atoms with Crippen LogP contribution in [-0.2, 0) is 21.7 Å². The molecule has 0 aromatic heterocycles. The predicted octanol–water partition coefficient (Wildman–Crippen LogP) is 4.34. The number of rotatable bonds is 5. The van der Waals surface area contributed by atoms with Crippen molar-refractivity contribution in [1.82, 2.24) is 19.4 Å². The van der Waals surface area contributed by atoms with Gasteiger partial charge in [0.2, 0.25) is 5.91 Å². The lowest BCUT2D eigenvalue weighted by atomic mass is 9.83. The molecule has 1 aromatic rings. The van der Waals surface area contributed by atoms with Crippen molar-refractivity contribution in [2.24, 2.45) is 4.99 Å². The molecule has 4 heterocycles. The summed E-state index contributed by atoms with van der Waals surface area (Å²) in [5, 5.41) is 3.47. The van der Waals surface area contributed by atoms with Gasteiger partial charge in [0, 0.05) is 51.3 Å². The van der Waals surface area contributed by atoms with E-state index in [-0.39, 0.29) is 11.5 Å². The number of anilines is 1. The van der Waals surface area contributed by atoms with E-state index in [4.69, 9.17) is 14.7 Å². The molecule has 1 aromatic carbocycles. The van der Waals surface area contributed by atoms with Gasteiger partial charge in [-0.3, -0.25) is 9.79 Å². The maximum atomic E-state index is 14.9. The SMILES string of the molecule is COC1(c2cc3c(=NC(C)c4cccc(C(F)F)c4F)nc(C)nc-3n3c2NCC3)CCN(C(C)=O)CC1. The molecular formula is C27H31F3N6O2. The van der Waals surface area contributed by atoms with Crippen LogP contribution in [0, 0.1) is 12.7 Å². The molecule has 1 fully saturated rings. The minimum atomic E-state index is -2.92. The first-order valence-corrected chi connectivity index (χ1v) is 12.7. The Morgan fingerprint density at radius 2 is 1.89 bits per heavy atom. The van der Waals surface area contributed by atoms with Gasteiger partial charge in [0.25, 0.3) is 6.43 Å². The number of aromatic nitrogens is 3. The Hall–Kier alpha value is -3.47. The standard InChI is InChI=1S/C27H31F3N6O2/c1-15(18-6-5-7-19(22(18)28)23(29)30)32-24-20-14-21(27(38-4)8-11-35(12-9-27)17(3)37)26-31-10-13-36(26)25(20)34-16(2)33-24/h5-7,14-15,23,31H,8-13H2,1-4H3. The highest BCUT2D eigenvalue weighted by Gasteiger charge is 2.41. The number of fused-ring (bicyclic) bond motifs is 3. The Morgan fingerprint density at radius 3 is 2.55 bits per heavy atom. The molecule has 0 saturated carbocycles. The molecule has 38 heavy (non-hydrogen) atoms. The van der Waals surface area contributed by atoms with Crippen LogP contribution in [0.15, 0.2) is 29.3 Å². The zero-order valence-corrected chi connectivity index (χ0v) is 21.9. The number of halogens is 3. The van der Waals surface area contributed by atoms with Crippen LogP contribution in [0.1, 0.15) is 61.7 Å². The summed E-state index contributed by atoms with van der Waals surface area (Å²) in [5.74, 6) is 1.17. The minimum absolute atomic E-state index is 0.0352. The van der Waals surface area contributed by atoms with Crippen molar-refractivity contribution in [3.63, 3.8) is 0 Å². The number of benzene rings is 1. The molecule has 202 valence electrons. The topological polar surface area (TPSA) is 84.6 Å². The van der Waals surface area contributed by atoms with E-state index in [0.29, 0.717) is 61.7 Å². The largest absolute Gasteiger partial charge is 0.373 e. The number of methoxy groups -OCH3 is 1. The number of amides is 1. The van der Waals surface area contributed by atoms with Gasteiger partial charge in [0.05, 0.1) is 22.8 Å². The molecule has 4 aliphatic rings. The number of aryl methyl sites for hydroxylation is 1. The lowest BCUT2D eigenvalue weighted by Crippen LogP contribution is -2.46. The number of piperidine rings is 1. The third-order valence-electron chi connectivity index (χ3n) is 7.67. The van der Waals surface area contributed by atoms with Gasteiger partial charge in [0.1, 0.15) is 23.3 Å². The van der Waals surface area contributed by atoms with Gasteiger partial charge in [-0.05, 0) is 32.8 Å². The van der Waals surface area contributed by atoms with Crippen molar-refractivity contribution in [3.05, 3.63) is 58.1 Å². The lowest BCUT2D eigenvalue weighted by Gasteiger charge is -2.42. The Kier molecular flexibility index (Phi) is 6.89. The van der Waals surface area contributed by atoms with Gasteiger partial charge in [-0.2, -0.15) is 0 Å². The van der Waals surface area contributed by atoms with Gasteiger partial charge in [0.15, 0.2) is 5.49 Å². The van der Waals surface area contributed by atoms with E-state index in [0.717, 1.165) is 17.4 Å². The molecule has 5 rings (SSSR count). The number of ether oxygens (including phenoxy) is 1. The summed E-state index contributed by atoms with van der Waals surface area (Å²) in [6.45, 7) is 7.52. The molecular weight excluding hydrogens is 497 g/mol. The highest BCUT2D eigenvalue weighted by molar-refractivity contribution is 5.73. The van der Waals surface area contributed by atoms with Crippen LogP contribution in [0.5, 0.6) is 0 Å². The van der Waals surface area contributed by atoms with Crippen LogP contribution in [0.2, 0.25) is 0 Å². The monoisotopic (exact) mass is 528 g/mol. The zero-order valence-electron chi connectivity index (χ0n) is 21.9. The van der Waals surface area contributed by atoms with Gasteiger partial charge in [-0.15, -0.1) is 0 Å². The second-order valence-corrected chi connectivity index (χ2v) is 9.88. The molecule has 1 N–H and O–H groups in total. The summed E-state index contributed by atoms with van der Waals surface area (Å²) in [6, 6.07) is 5.18. The van der Waals surface area contributed by atoms with E-state index in [1.807, 2.05) is 11.0 Å². The number of alkyl halides is 2. The maximum absolute atomic E-state index is 14.9. The third kappa shape index (κ3) is 4.42. The maximum Gasteiger partial charge on any atom is 0.266 e. The normalized spacial score (nSPS) is 18.1. The smallest absolute Gasteiger partial charge is 0.266 e. The number of nitrogens with one attached hydrogen (secondary N) is 1. The molecule has 1 atom stereocenters. The summed E-state index contributed by atoms with van der Waals surface area (Å²) in [4.78, 5) is 27.7. The third-order valence-corrected chi connectivity index (χ3v) is 7.67. The van der Waals surface area contributed by atoms with E-state index in [2.05, 4.69) is 14.9 Å². The van der Waals surface area contributed by atoms with Crippen molar-refractivity contribution in [1.29, 1.82) is 0 Å². The lowest BCUT2D eigenvalue weighted by molar-refractivity contribution is -0.135. The highest BCUT2D eigenvalue weighted by atomic mass is 19.3. The van der Waals surface area contributed by atoms with Crippen LogP contribution in [0.3, 0.4) is 0 Å². The van der Waals surface area contributed by atoms with E-state index < -0.39 is 29.4 Å². The molecule has 0 spiro atoms. The fourth-order valence-electron chi connectivity index (χ4n) is 5.57. The van der Waals surface area contributed by atoms with Gasteiger partial charge in [-0.1, -0.05) is 18.2 Å². The zero-order chi connectivity index (χ0) is 27.2. The number of nitrogens with zero attached hydrogens (tertiary/aromatic N) is 5. The first kappa shape index (κ1) is 26.1. The average Bonchev–Trinajstić information content (AvgIpc) is 3.38. The van der Waals surface area contributed by atoms with Crippen molar-refractivity contribution < 1.29 is 22.7 Å². The Morgan fingerprint density at radius 1 is 1.18 bits per heavy atom. The summed E-state index contributed by atoms with van der Waals surface area (Å²) in [6.07, 6.45) is -1.69. The van der Waals surface area contributed by atoms with Crippen LogP contribution in [0.4, 0.5) is 19.0 Å². The Labute approximate surface area is 218 Å². The number of carbonyl (C=O) groups excluding carboxylic acids is 1. The van der Waals surface area contributed by atoms with Crippen LogP contribution < -0.4 is 10.8 Å². The quantitative estimate of drug-likeness (QED) is 0.533. The number of hydrogen-bond donors (Lipinski definition) is 1. The fourth-order valence-corrected chi connectivity index (χ4v) is 5.57. The van der Waals surface area contributed by atoms with Crippen LogP contribution >= 0.6 is 0 Å². The summed E-state index contributed by atoms with van der Waals surface area (Å²) in [7, 11) is 1.68. The highest BCUT2D eigenvalue weighted by Crippen LogP contribution is 2.43. The summed E-state index contributed by atoms with van der Waals surface area (Å²) in [5.41, 5.74) is 0.746. The van der Waals surface area contributed by atoms with Crippen molar-refractivity contribution in [2.75, 3.05) is 32.1 Å². The second kappa shape index (κ2) is 10.0. The first-order valence-electron chi connectivity index (χ1n) is 12.7. The molecule has 8 nitrogen and oxygen atoms in total. The van der Waals surface area contributed by atoms with Crippen molar-refractivity contribution >= 4 is 11.7 Å². The number of pyridine rings is 1. The second-order valence-electron chi connectivity index (χ2n) is 9.88.